The molecule has 1 fully saturated rings. The first-order valence-corrected chi connectivity index (χ1v) is 8.96. The van der Waals surface area contributed by atoms with Crippen LogP contribution in [-0.4, -0.2) is 29.7 Å². The zero-order valence-corrected chi connectivity index (χ0v) is 14.0. The molecule has 2 N–H and O–H groups in total. The molecule has 1 unspecified atom stereocenters. The number of fused-ring (bicyclic) bond motifs is 1. The number of benzene rings is 1. The van der Waals surface area contributed by atoms with Crippen LogP contribution in [0, 0.1) is 0 Å². The van der Waals surface area contributed by atoms with Gasteiger partial charge in [-0.25, -0.2) is 4.98 Å². The summed E-state index contributed by atoms with van der Waals surface area (Å²) in [6.45, 7) is 3.56. The molecule has 1 aromatic carbocycles. The SMILES string of the molecule is OC1(CNCc2ccc(N3CCCC3)nc2)CCc2ccccc21. The normalized spacial score (nSPS) is 22.8. The number of hydrogen-bond donors (Lipinski definition) is 2. The Balaban J connectivity index is 1.34. The monoisotopic (exact) mass is 323 g/mol. The fourth-order valence-corrected chi connectivity index (χ4v) is 3.92. The fraction of sp³-hybridized carbons (Fsp3) is 0.450. The van der Waals surface area contributed by atoms with Crippen LogP contribution in [0.2, 0.25) is 0 Å². The Kier molecular flexibility index (Phi) is 4.25. The van der Waals surface area contributed by atoms with Gasteiger partial charge >= 0.3 is 0 Å². The standard InChI is InChI=1S/C20H25N3O/c24-20(10-9-17-5-1-2-6-18(17)20)15-21-13-16-7-8-19(22-14-16)23-11-3-4-12-23/h1-2,5-8,14,21,24H,3-4,9-13,15H2. The third-order valence-electron chi connectivity index (χ3n) is 5.31. The molecule has 0 radical (unpaired) electrons. The van der Waals surface area contributed by atoms with E-state index in [4.69, 9.17) is 0 Å². The molecular formula is C20H25N3O. The molecule has 4 nitrogen and oxygen atoms in total. The molecule has 2 aromatic rings. The maximum absolute atomic E-state index is 10.9. The van der Waals surface area contributed by atoms with Crippen molar-refractivity contribution in [2.24, 2.45) is 0 Å². The first-order chi connectivity index (χ1) is 11.7. The van der Waals surface area contributed by atoms with E-state index in [1.807, 2.05) is 18.3 Å². The number of anilines is 1. The van der Waals surface area contributed by atoms with Crippen LogP contribution in [0.4, 0.5) is 5.82 Å². The molecule has 126 valence electrons. The molecule has 0 spiro atoms. The molecule has 1 aliphatic carbocycles. The van der Waals surface area contributed by atoms with Gasteiger partial charge in [-0.1, -0.05) is 30.3 Å². The van der Waals surface area contributed by atoms with E-state index in [1.54, 1.807) is 0 Å². The summed E-state index contributed by atoms with van der Waals surface area (Å²) in [5, 5.41) is 14.3. The average molecular weight is 323 g/mol. The lowest BCUT2D eigenvalue weighted by molar-refractivity contribution is 0.0384. The number of nitrogens with one attached hydrogen (secondary N) is 1. The Labute approximate surface area is 143 Å². The van der Waals surface area contributed by atoms with Gasteiger partial charge in [-0.2, -0.15) is 0 Å². The lowest BCUT2D eigenvalue weighted by Crippen LogP contribution is -2.36. The minimum Gasteiger partial charge on any atom is -0.384 e. The van der Waals surface area contributed by atoms with Crippen LogP contribution in [0.5, 0.6) is 0 Å². The maximum atomic E-state index is 10.9. The van der Waals surface area contributed by atoms with Gasteiger partial charge in [-0.3, -0.25) is 0 Å². The van der Waals surface area contributed by atoms with Gasteiger partial charge in [0.25, 0.3) is 0 Å². The molecule has 4 heteroatoms. The van der Waals surface area contributed by atoms with Crippen molar-refractivity contribution in [3.63, 3.8) is 0 Å². The van der Waals surface area contributed by atoms with E-state index in [0.29, 0.717) is 6.54 Å². The minimum absolute atomic E-state index is 0.581. The molecule has 0 saturated carbocycles. The van der Waals surface area contributed by atoms with Gasteiger partial charge in [-0.05, 0) is 48.4 Å². The van der Waals surface area contributed by atoms with Gasteiger partial charge in [0.05, 0.1) is 0 Å². The molecule has 2 heterocycles. The lowest BCUT2D eigenvalue weighted by atomic mass is 9.96. The van der Waals surface area contributed by atoms with E-state index < -0.39 is 5.60 Å². The quantitative estimate of drug-likeness (QED) is 0.888. The Bertz CT molecular complexity index is 694. The van der Waals surface area contributed by atoms with E-state index in [1.165, 1.54) is 18.4 Å². The van der Waals surface area contributed by atoms with Crippen molar-refractivity contribution in [2.45, 2.75) is 37.8 Å². The highest BCUT2D eigenvalue weighted by atomic mass is 16.3. The zero-order valence-electron chi connectivity index (χ0n) is 14.0. The third kappa shape index (κ3) is 3.04. The number of aryl methyl sites for hydroxylation is 1. The molecule has 1 saturated heterocycles. The number of aliphatic hydroxyl groups is 1. The molecule has 2 aliphatic rings. The average Bonchev–Trinajstić information content (AvgIpc) is 3.25. The number of aromatic nitrogens is 1. The second kappa shape index (κ2) is 6.54. The van der Waals surface area contributed by atoms with Crippen molar-refractivity contribution >= 4 is 5.82 Å². The molecule has 0 amide bonds. The topological polar surface area (TPSA) is 48.4 Å². The Morgan fingerprint density at radius 1 is 1.12 bits per heavy atom. The van der Waals surface area contributed by atoms with E-state index >= 15 is 0 Å². The van der Waals surface area contributed by atoms with Gasteiger partial charge < -0.3 is 15.3 Å². The van der Waals surface area contributed by atoms with E-state index in [-0.39, 0.29) is 0 Å². The van der Waals surface area contributed by atoms with Crippen molar-refractivity contribution in [1.29, 1.82) is 0 Å². The molecule has 1 aromatic heterocycles. The molecule has 24 heavy (non-hydrogen) atoms. The Morgan fingerprint density at radius 3 is 2.75 bits per heavy atom. The fourth-order valence-electron chi connectivity index (χ4n) is 3.92. The van der Waals surface area contributed by atoms with E-state index in [0.717, 1.165) is 49.4 Å². The summed E-state index contributed by atoms with van der Waals surface area (Å²) in [5.41, 5.74) is 2.78. The smallest absolute Gasteiger partial charge is 0.128 e. The van der Waals surface area contributed by atoms with Gasteiger partial charge in [-0.15, -0.1) is 0 Å². The summed E-state index contributed by atoms with van der Waals surface area (Å²) in [4.78, 5) is 6.93. The van der Waals surface area contributed by atoms with Crippen LogP contribution >= 0.6 is 0 Å². The molecule has 1 aliphatic heterocycles. The molecular weight excluding hydrogens is 298 g/mol. The summed E-state index contributed by atoms with van der Waals surface area (Å²) in [6.07, 6.45) is 6.25. The highest BCUT2D eigenvalue weighted by molar-refractivity contribution is 5.40. The first-order valence-electron chi connectivity index (χ1n) is 8.96. The van der Waals surface area contributed by atoms with Crippen molar-refractivity contribution in [2.75, 3.05) is 24.5 Å². The second-order valence-corrected chi connectivity index (χ2v) is 7.01. The summed E-state index contributed by atoms with van der Waals surface area (Å²) in [5.74, 6) is 1.08. The van der Waals surface area contributed by atoms with Gasteiger partial charge in [0.1, 0.15) is 11.4 Å². The zero-order chi connectivity index (χ0) is 16.4. The van der Waals surface area contributed by atoms with Gasteiger partial charge in [0.15, 0.2) is 0 Å². The van der Waals surface area contributed by atoms with E-state index in [9.17, 15) is 5.11 Å². The maximum Gasteiger partial charge on any atom is 0.128 e. The molecule has 4 rings (SSSR count). The predicted molar refractivity (Wildman–Crippen MR) is 96.1 cm³/mol. The third-order valence-corrected chi connectivity index (χ3v) is 5.31. The second-order valence-electron chi connectivity index (χ2n) is 7.01. The van der Waals surface area contributed by atoms with Crippen molar-refractivity contribution in [3.8, 4) is 0 Å². The highest BCUT2D eigenvalue weighted by Gasteiger charge is 2.35. The Hall–Kier alpha value is -1.91. The number of pyridine rings is 1. The summed E-state index contributed by atoms with van der Waals surface area (Å²) in [6, 6.07) is 12.5. The largest absolute Gasteiger partial charge is 0.384 e. The predicted octanol–water partition coefficient (Wildman–Crippen LogP) is 2.61. The summed E-state index contributed by atoms with van der Waals surface area (Å²) in [7, 11) is 0. The van der Waals surface area contributed by atoms with Crippen molar-refractivity contribution < 1.29 is 5.11 Å². The van der Waals surface area contributed by atoms with Crippen LogP contribution < -0.4 is 10.2 Å². The number of rotatable bonds is 5. The molecule has 0 bridgehead atoms. The van der Waals surface area contributed by atoms with E-state index in [2.05, 4.69) is 39.5 Å². The van der Waals surface area contributed by atoms with Crippen LogP contribution in [0.3, 0.4) is 0 Å². The van der Waals surface area contributed by atoms with Crippen LogP contribution in [0.1, 0.15) is 36.0 Å². The van der Waals surface area contributed by atoms with Crippen molar-refractivity contribution in [1.82, 2.24) is 10.3 Å². The van der Waals surface area contributed by atoms with Crippen LogP contribution in [0.25, 0.3) is 0 Å². The Morgan fingerprint density at radius 2 is 1.96 bits per heavy atom. The summed E-state index contributed by atoms with van der Waals surface area (Å²) >= 11 is 0. The highest BCUT2D eigenvalue weighted by Crippen LogP contribution is 2.36. The van der Waals surface area contributed by atoms with Gasteiger partial charge in [0.2, 0.25) is 0 Å². The first kappa shape index (κ1) is 15.6. The van der Waals surface area contributed by atoms with Crippen LogP contribution in [0.15, 0.2) is 42.6 Å². The van der Waals surface area contributed by atoms with Crippen LogP contribution in [-0.2, 0) is 18.6 Å². The summed E-state index contributed by atoms with van der Waals surface area (Å²) < 4.78 is 0. The molecule has 1 atom stereocenters. The van der Waals surface area contributed by atoms with Gasteiger partial charge in [0, 0.05) is 32.4 Å². The van der Waals surface area contributed by atoms with Crippen molar-refractivity contribution in [3.05, 3.63) is 59.3 Å². The number of nitrogens with zero attached hydrogens (tertiary/aromatic N) is 2. The number of hydrogen-bond acceptors (Lipinski definition) is 4. The lowest BCUT2D eigenvalue weighted by Gasteiger charge is -2.24. The minimum atomic E-state index is -0.737.